The Kier molecular flexibility index (Phi) is 6.95. The molecule has 2 N–H and O–H groups in total. The van der Waals surface area contributed by atoms with E-state index in [1.807, 2.05) is 17.9 Å². The average molecular weight is 434 g/mol. The molecule has 2 amide bonds. The highest BCUT2D eigenvalue weighted by Gasteiger charge is 2.40. The van der Waals surface area contributed by atoms with Gasteiger partial charge in [-0.25, -0.2) is 0 Å². The predicted octanol–water partition coefficient (Wildman–Crippen LogP) is 3.62. The zero-order valence-electron chi connectivity index (χ0n) is 19.2. The van der Waals surface area contributed by atoms with Crippen LogP contribution >= 0.6 is 0 Å². The van der Waals surface area contributed by atoms with Gasteiger partial charge in [0, 0.05) is 43.4 Å². The largest absolute Gasteiger partial charge is 0.369 e. The van der Waals surface area contributed by atoms with Crippen molar-refractivity contribution in [1.82, 2.24) is 9.80 Å². The molecule has 0 spiro atoms. The van der Waals surface area contributed by atoms with Crippen LogP contribution in [-0.2, 0) is 9.59 Å². The second kappa shape index (κ2) is 9.86. The van der Waals surface area contributed by atoms with E-state index in [4.69, 9.17) is 5.73 Å². The molecule has 2 heterocycles. The summed E-state index contributed by atoms with van der Waals surface area (Å²) in [4.78, 5) is 29.7. The van der Waals surface area contributed by atoms with Crippen LogP contribution in [0.1, 0.15) is 49.7 Å². The third-order valence-electron chi connectivity index (χ3n) is 7.57. The third-order valence-corrected chi connectivity index (χ3v) is 7.57. The minimum Gasteiger partial charge on any atom is -0.369 e. The Balaban J connectivity index is 1.48. The highest BCUT2D eigenvalue weighted by Crippen LogP contribution is 2.35. The molecule has 5 atom stereocenters. The normalized spacial score (nSPS) is 25.6. The fourth-order valence-electron chi connectivity index (χ4n) is 5.34. The number of likely N-dealkylation sites (tertiary alicyclic amines) is 2. The molecule has 4 rings (SSSR count). The summed E-state index contributed by atoms with van der Waals surface area (Å²) >= 11 is 0. The molecule has 170 valence electrons. The molecule has 2 aliphatic rings. The molecule has 5 nitrogen and oxygen atoms in total. The third kappa shape index (κ3) is 4.88. The summed E-state index contributed by atoms with van der Waals surface area (Å²) in [5.41, 5.74) is 8.20. The zero-order chi connectivity index (χ0) is 22.7. The first-order valence-corrected chi connectivity index (χ1v) is 11.9. The molecule has 2 aliphatic heterocycles. The van der Waals surface area contributed by atoms with Crippen LogP contribution in [0.5, 0.6) is 0 Å². The second-order valence-electron chi connectivity index (χ2n) is 9.62. The molecule has 2 aromatic rings. The monoisotopic (exact) mass is 433 g/mol. The number of amides is 2. The molecule has 0 aliphatic carbocycles. The number of rotatable bonds is 7. The van der Waals surface area contributed by atoms with Gasteiger partial charge >= 0.3 is 0 Å². The number of hydrogen-bond acceptors (Lipinski definition) is 3. The SMILES string of the molecule is CC(C(N)=O)[C@H](C)C(=O)N1C[C@@H](c2ccccc2)C[C@H]1CN1CCC(c2ccccc2)C1. The summed E-state index contributed by atoms with van der Waals surface area (Å²) in [6.45, 7) is 7.28. The van der Waals surface area contributed by atoms with Gasteiger partial charge in [0.15, 0.2) is 0 Å². The quantitative estimate of drug-likeness (QED) is 0.725. The van der Waals surface area contributed by atoms with Crippen molar-refractivity contribution >= 4 is 11.8 Å². The lowest BCUT2D eigenvalue weighted by Crippen LogP contribution is -2.46. The van der Waals surface area contributed by atoms with E-state index in [-0.39, 0.29) is 11.9 Å². The first-order chi connectivity index (χ1) is 15.4. The Bertz CT molecular complexity index is 917. The van der Waals surface area contributed by atoms with Gasteiger partial charge in [0.1, 0.15) is 0 Å². The van der Waals surface area contributed by atoms with Gasteiger partial charge in [-0.1, -0.05) is 74.5 Å². The van der Waals surface area contributed by atoms with Gasteiger partial charge in [-0.15, -0.1) is 0 Å². The van der Waals surface area contributed by atoms with E-state index in [0.29, 0.717) is 18.4 Å². The Labute approximate surface area is 191 Å². The fraction of sp³-hybridized carbons (Fsp3) is 0.481. The number of primary amides is 1. The van der Waals surface area contributed by atoms with Crippen molar-refractivity contribution < 1.29 is 9.59 Å². The van der Waals surface area contributed by atoms with Crippen molar-refractivity contribution in [2.45, 2.75) is 44.6 Å². The molecule has 0 radical (unpaired) electrons. The van der Waals surface area contributed by atoms with Crippen LogP contribution in [0.3, 0.4) is 0 Å². The van der Waals surface area contributed by atoms with Gasteiger partial charge < -0.3 is 15.5 Å². The van der Waals surface area contributed by atoms with Crippen molar-refractivity contribution in [3.05, 3.63) is 71.8 Å². The van der Waals surface area contributed by atoms with Crippen molar-refractivity contribution in [3.8, 4) is 0 Å². The molecule has 2 unspecified atom stereocenters. The van der Waals surface area contributed by atoms with Gasteiger partial charge in [-0.2, -0.15) is 0 Å². The van der Waals surface area contributed by atoms with Crippen molar-refractivity contribution in [2.75, 3.05) is 26.2 Å². The molecule has 2 aromatic carbocycles. The van der Waals surface area contributed by atoms with E-state index in [1.54, 1.807) is 6.92 Å². The lowest BCUT2D eigenvalue weighted by atomic mass is 9.93. The number of hydrogen-bond donors (Lipinski definition) is 1. The van der Waals surface area contributed by atoms with E-state index in [0.717, 1.165) is 32.5 Å². The lowest BCUT2D eigenvalue weighted by Gasteiger charge is -2.31. The summed E-state index contributed by atoms with van der Waals surface area (Å²) in [7, 11) is 0. The van der Waals surface area contributed by atoms with Crippen LogP contribution in [-0.4, -0.2) is 53.8 Å². The van der Waals surface area contributed by atoms with Crippen molar-refractivity contribution in [1.29, 1.82) is 0 Å². The fourth-order valence-corrected chi connectivity index (χ4v) is 5.34. The molecule has 32 heavy (non-hydrogen) atoms. The molecular weight excluding hydrogens is 398 g/mol. The zero-order valence-corrected chi connectivity index (χ0v) is 19.2. The summed E-state index contributed by atoms with van der Waals surface area (Å²) in [5.74, 6) is -0.340. The maximum Gasteiger partial charge on any atom is 0.226 e. The lowest BCUT2D eigenvalue weighted by molar-refractivity contribution is -0.141. The Morgan fingerprint density at radius 2 is 1.50 bits per heavy atom. The molecular formula is C27H35N3O2. The number of nitrogens with zero attached hydrogens (tertiary/aromatic N) is 2. The summed E-state index contributed by atoms with van der Waals surface area (Å²) in [6.07, 6.45) is 2.11. The molecule has 0 bridgehead atoms. The van der Waals surface area contributed by atoms with Crippen LogP contribution in [0.2, 0.25) is 0 Å². The molecule has 2 saturated heterocycles. The number of benzene rings is 2. The summed E-state index contributed by atoms with van der Waals surface area (Å²) in [6, 6.07) is 21.4. The van der Waals surface area contributed by atoms with Gasteiger partial charge in [0.05, 0.1) is 0 Å². The number of nitrogens with two attached hydrogens (primary N) is 1. The average Bonchev–Trinajstić information content (AvgIpc) is 3.46. The maximum atomic E-state index is 13.4. The van der Waals surface area contributed by atoms with Crippen LogP contribution in [0.25, 0.3) is 0 Å². The maximum absolute atomic E-state index is 13.4. The Morgan fingerprint density at radius 1 is 0.906 bits per heavy atom. The first kappa shape index (κ1) is 22.5. The first-order valence-electron chi connectivity index (χ1n) is 11.9. The molecule has 0 saturated carbocycles. The van der Waals surface area contributed by atoms with E-state index in [9.17, 15) is 9.59 Å². The summed E-state index contributed by atoms with van der Waals surface area (Å²) in [5, 5.41) is 0. The second-order valence-corrected chi connectivity index (χ2v) is 9.62. The highest BCUT2D eigenvalue weighted by atomic mass is 16.2. The van der Waals surface area contributed by atoms with E-state index < -0.39 is 17.7 Å². The minimum absolute atomic E-state index is 0.0542. The van der Waals surface area contributed by atoms with E-state index >= 15 is 0 Å². The molecule has 0 aromatic heterocycles. The minimum atomic E-state index is -0.465. The van der Waals surface area contributed by atoms with Crippen LogP contribution in [0.15, 0.2) is 60.7 Å². The molecule has 5 heteroatoms. The van der Waals surface area contributed by atoms with Gasteiger partial charge in [-0.05, 0) is 36.4 Å². The van der Waals surface area contributed by atoms with Crippen molar-refractivity contribution in [3.63, 3.8) is 0 Å². The van der Waals surface area contributed by atoms with E-state index in [1.165, 1.54) is 11.1 Å². The predicted molar refractivity (Wildman–Crippen MR) is 127 cm³/mol. The smallest absolute Gasteiger partial charge is 0.226 e. The standard InChI is InChI=1S/C27H35N3O2/c1-19(26(28)31)20(2)27(32)30-17-24(22-11-7-4-8-12-22)15-25(30)18-29-14-13-23(16-29)21-9-5-3-6-10-21/h3-12,19-20,23-25H,13-18H2,1-2H3,(H2,28,31)/t19?,20-,23?,24-,25-/m0/s1. The van der Waals surface area contributed by atoms with Crippen LogP contribution in [0.4, 0.5) is 0 Å². The molecule has 2 fully saturated rings. The highest BCUT2D eigenvalue weighted by molar-refractivity contribution is 5.86. The number of carbonyl (C=O) groups excluding carboxylic acids is 2. The van der Waals surface area contributed by atoms with Crippen molar-refractivity contribution in [2.24, 2.45) is 17.6 Å². The van der Waals surface area contributed by atoms with Crippen LogP contribution in [0, 0.1) is 11.8 Å². The van der Waals surface area contributed by atoms with E-state index in [2.05, 4.69) is 59.5 Å². The topological polar surface area (TPSA) is 66.6 Å². The number of carbonyl (C=O) groups is 2. The van der Waals surface area contributed by atoms with Gasteiger partial charge in [0.2, 0.25) is 11.8 Å². The summed E-state index contributed by atoms with van der Waals surface area (Å²) < 4.78 is 0. The Hall–Kier alpha value is -2.66. The Morgan fingerprint density at radius 3 is 2.09 bits per heavy atom. The van der Waals surface area contributed by atoms with Gasteiger partial charge in [-0.3, -0.25) is 9.59 Å². The van der Waals surface area contributed by atoms with Crippen LogP contribution < -0.4 is 5.73 Å². The van der Waals surface area contributed by atoms with Gasteiger partial charge in [0.25, 0.3) is 0 Å².